The zero-order valence-electron chi connectivity index (χ0n) is 10.3. The molecule has 0 unspecified atom stereocenters. The van der Waals surface area contributed by atoms with Crippen LogP contribution >= 0.6 is 0 Å². The van der Waals surface area contributed by atoms with E-state index < -0.39 is 0 Å². The molecular formula is C12H22N4O. The third kappa shape index (κ3) is 6.73. The first-order valence-corrected chi connectivity index (χ1v) is 6.27. The molecular weight excluding hydrogens is 216 g/mol. The maximum absolute atomic E-state index is 11.4. The highest BCUT2D eigenvalue weighted by Gasteiger charge is 2.00. The molecule has 0 fully saturated rings. The summed E-state index contributed by atoms with van der Waals surface area (Å²) in [6.45, 7) is 2.12. The number of hydrogen-bond acceptors (Lipinski definition) is 3. The van der Waals surface area contributed by atoms with Gasteiger partial charge in [-0.25, -0.2) is 0 Å². The molecule has 0 spiro atoms. The molecule has 0 aliphatic rings. The SMILES string of the molecule is NCCCCCCC(=O)NCCn1cccn1. The van der Waals surface area contributed by atoms with Crippen molar-refractivity contribution in [1.29, 1.82) is 0 Å². The summed E-state index contributed by atoms with van der Waals surface area (Å²) < 4.78 is 1.81. The van der Waals surface area contributed by atoms with Crippen LogP contribution in [0.1, 0.15) is 32.1 Å². The zero-order chi connectivity index (χ0) is 12.3. The van der Waals surface area contributed by atoms with Gasteiger partial charge in [-0.05, 0) is 25.5 Å². The van der Waals surface area contributed by atoms with Gasteiger partial charge in [0, 0.05) is 25.4 Å². The summed E-state index contributed by atoms with van der Waals surface area (Å²) in [5.74, 6) is 0.130. The van der Waals surface area contributed by atoms with E-state index in [-0.39, 0.29) is 5.91 Å². The number of aromatic nitrogens is 2. The van der Waals surface area contributed by atoms with Crippen molar-refractivity contribution < 1.29 is 4.79 Å². The van der Waals surface area contributed by atoms with Crippen LogP contribution in [-0.4, -0.2) is 28.8 Å². The molecule has 96 valence electrons. The molecule has 0 saturated heterocycles. The van der Waals surface area contributed by atoms with Crippen molar-refractivity contribution >= 4 is 5.91 Å². The first-order valence-electron chi connectivity index (χ1n) is 6.27. The Morgan fingerprint density at radius 2 is 2.12 bits per heavy atom. The van der Waals surface area contributed by atoms with E-state index in [4.69, 9.17) is 5.73 Å². The second-order valence-electron chi connectivity index (χ2n) is 4.07. The lowest BCUT2D eigenvalue weighted by Crippen LogP contribution is -2.27. The molecule has 0 aliphatic carbocycles. The summed E-state index contributed by atoms with van der Waals surface area (Å²) in [4.78, 5) is 11.4. The van der Waals surface area contributed by atoms with E-state index in [9.17, 15) is 4.79 Å². The van der Waals surface area contributed by atoms with E-state index in [0.29, 0.717) is 13.0 Å². The van der Waals surface area contributed by atoms with Gasteiger partial charge in [-0.2, -0.15) is 5.10 Å². The van der Waals surface area contributed by atoms with Crippen LogP contribution in [-0.2, 0) is 11.3 Å². The normalized spacial score (nSPS) is 10.4. The minimum absolute atomic E-state index is 0.130. The van der Waals surface area contributed by atoms with Crippen molar-refractivity contribution in [2.45, 2.75) is 38.6 Å². The van der Waals surface area contributed by atoms with Gasteiger partial charge < -0.3 is 11.1 Å². The fraction of sp³-hybridized carbons (Fsp3) is 0.667. The number of hydrogen-bond donors (Lipinski definition) is 2. The molecule has 5 nitrogen and oxygen atoms in total. The molecule has 1 heterocycles. The first kappa shape index (κ1) is 13.7. The molecule has 1 amide bonds. The molecule has 0 atom stereocenters. The van der Waals surface area contributed by atoms with E-state index in [0.717, 1.165) is 38.8 Å². The minimum Gasteiger partial charge on any atom is -0.354 e. The van der Waals surface area contributed by atoms with Crippen LogP contribution in [0, 0.1) is 0 Å². The number of amides is 1. The quantitative estimate of drug-likeness (QED) is 0.628. The number of rotatable bonds is 9. The van der Waals surface area contributed by atoms with Gasteiger partial charge in [-0.1, -0.05) is 12.8 Å². The molecule has 0 aromatic carbocycles. The minimum atomic E-state index is 0.130. The van der Waals surface area contributed by atoms with Crippen molar-refractivity contribution in [3.63, 3.8) is 0 Å². The van der Waals surface area contributed by atoms with Crippen LogP contribution < -0.4 is 11.1 Å². The predicted molar refractivity (Wildman–Crippen MR) is 67.4 cm³/mol. The highest BCUT2D eigenvalue weighted by molar-refractivity contribution is 5.75. The average molecular weight is 238 g/mol. The van der Waals surface area contributed by atoms with Gasteiger partial charge in [-0.15, -0.1) is 0 Å². The van der Waals surface area contributed by atoms with E-state index in [1.54, 1.807) is 6.20 Å². The highest BCUT2D eigenvalue weighted by atomic mass is 16.1. The van der Waals surface area contributed by atoms with Crippen LogP contribution in [0.2, 0.25) is 0 Å². The van der Waals surface area contributed by atoms with Crippen LogP contribution in [0.3, 0.4) is 0 Å². The Hall–Kier alpha value is -1.36. The molecule has 1 aromatic heterocycles. The molecule has 17 heavy (non-hydrogen) atoms. The Bertz CT molecular complexity index is 297. The summed E-state index contributed by atoms with van der Waals surface area (Å²) >= 11 is 0. The number of nitrogens with two attached hydrogens (primary N) is 1. The topological polar surface area (TPSA) is 72.9 Å². The summed E-state index contributed by atoms with van der Waals surface area (Å²) in [5.41, 5.74) is 5.40. The Morgan fingerprint density at radius 1 is 1.29 bits per heavy atom. The monoisotopic (exact) mass is 238 g/mol. The largest absolute Gasteiger partial charge is 0.354 e. The number of carbonyl (C=O) groups is 1. The van der Waals surface area contributed by atoms with Crippen LogP contribution in [0.4, 0.5) is 0 Å². The third-order valence-corrected chi connectivity index (χ3v) is 2.58. The lowest BCUT2D eigenvalue weighted by Gasteiger charge is -2.05. The molecule has 1 rings (SSSR count). The molecule has 0 saturated carbocycles. The van der Waals surface area contributed by atoms with Crippen LogP contribution in [0.25, 0.3) is 0 Å². The Balaban J connectivity index is 1.94. The van der Waals surface area contributed by atoms with E-state index in [2.05, 4.69) is 10.4 Å². The third-order valence-electron chi connectivity index (χ3n) is 2.58. The fourth-order valence-electron chi connectivity index (χ4n) is 1.61. The van der Waals surface area contributed by atoms with Crippen molar-refractivity contribution in [3.05, 3.63) is 18.5 Å². The first-order chi connectivity index (χ1) is 8.33. The second-order valence-corrected chi connectivity index (χ2v) is 4.07. The maximum Gasteiger partial charge on any atom is 0.220 e. The Labute approximate surface area is 102 Å². The van der Waals surface area contributed by atoms with Gasteiger partial charge in [0.25, 0.3) is 0 Å². The lowest BCUT2D eigenvalue weighted by atomic mass is 10.1. The zero-order valence-corrected chi connectivity index (χ0v) is 10.3. The smallest absolute Gasteiger partial charge is 0.220 e. The molecule has 0 radical (unpaired) electrons. The van der Waals surface area contributed by atoms with Crippen molar-refractivity contribution in [2.75, 3.05) is 13.1 Å². The van der Waals surface area contributed by atoms with Gasteiger partial charge >= 0.3 is 0 Å². The number of unbranched alkanes of at least 4 members (excludes halogenated alkanes) is 3. The van der Waals surface area contributed by atoms with Gasteiger partial charge in [0.05, 0.1) is 6.54 Å². The molecule has 1 aromatic rings. The lowest BCUT2D eigenvalue weighted by molar-refractivity contribution is -0.121. The van der Waals surface area contributed by atoms with Crippen molar-refractivity contribution in [1.82, 2.24) is 15.1 Å². The standard InChI is InChI=1S/C12H22N4O/c13-7-4-2-1-3-6-12(17)14-9-11-16-10-5-8-15-16/h5,8,10H,1-4,6-7,9,11,13H2,(H,14,17). The summed E-state index contributed by atoms with van der Waals surface area (Å²) in [6.07, 6.45) is 8.46. The number of nitrogens with one attached hydrogen (secondary N) is 1. The highest BCUT2D eigenvalue weighted by Crippen LogP contribution is 2.01. The van der Waals surface area contributed by atoms with Gasteiger partial charge in [0.1, 0.15) is 0 Å². The van der Waals surface area contributed by atoms with Gasteiger partial charge in [0.15, 0.2) is 0 Å². The van der Waals surface area contributed by atoms with Gasteiger partial charge in [-0.3, -0.25) is 9.48 Å². The number of carbonyl (C=O) groups excluding carboxylic acids is 1. The summed E-state index contributed by atoms with van der Waals surface area (Å²) in [6, 6.07) is 1.87. The molecule has 3 N–H and O–H groups in total. The van der Waals surface area contributed by atoms with Crippen molar-refractivity contribution in [3.8, 4) is 0 Å². The van der Waals surface area contributed by atoms with Gasteiger partial charge in [0.2, 0.25) is 5.91 Å². The Morgan fingerprint density at radius 3 is 2.82 bits per heavy atom. The predicted octanol–water partition coefficient (Wildman–Crippen LogP) is 0.908. The Kier molecular flexibility index (Phi) is 7.06. The fourth-order valence-corrected chi connectivity index (χ4v) is 1.61. The number of nitrogens with zero attached hydrogens (tertiary/aromatic N) is 2. The molecule has 0 bridgehead atoms. The molecule has 5 heteroatoms. The van der Waals surface area contributed by atoms with E-state index in [1.165, 1.54) is 0 Å². The van der Waals surface area contributed by atoms with E-state index >= 15 is 0 Å². The second kappa shape index (κ2) is 8.75. The maximum atomic E-state index is 11.4. The van der Waals surface area contributed by atoms with Crippen molar-refractivity contribution in [2.24, 2.45) is 5.73 Å². The average Bonchev–Trinajstić information content (AvgIpc) is 2.82. The van der Waals surface area contributed by atoms with E-state index in [1.807, 2.05) is 16.9 Å². The molecule has 0 aliphatic heterocycles. The summed E-state index contributed by atoms with van der Waals surface area (Å²) in [5, 5.41) is 6.95. The summed E-state index contributed by atoms with van der Waals surface area (Å²) in [7, 11) is 0. The van der Waals surface area contributed by atoms with Crippen LogP contribution in [0.15, 0.2) is 18.5 Å². The van der Waals surface area contributed by atoms with Crippen LogP contribution in [0.5, 0.6) is 0 Å².